The van der Waals surface area contributed by atoms with Gasteiger partial charge in [0, 0.05) is 5.69 Å². The van der Waals surface area contributed by atoms with Gasteiger partial charge < -0.3 is 10.4 Å². The Morgan fingerprint density at radius 1 is 1.55 bits per heavy atom. The number of halogens is 1. The summed E-state index contributed by atoms with van der Waals surface area (Å²) in [6, 6.07) is 6.49. The summed E-state index contributed by atoms with van der Waals surface area (Å²) < 4.78 is 0. The normalized spacial score (nSPS) is 11.4. The lowest BCUT2D eigenvalue weighted by atomic mass is 10.2. The Morgan fingerprint density at radius 3 is 2.75 bits per heavy atom. The van der Waals surface area contributed by atoms with Gasteiger partial charge in [-0.2, -0.15) is 5.26 Å². The van der Waals surface area contributed by atoms with Crippen molar-refractivity contribution in [2.24, 2.45) is 0 Å². The third-order valence-corrected chi connectivity index (χ3v) is 4.11. The van der Waals surface area contributed by atoms with Crippen molar-refractivity contribution in [1.82, 2.24) is 0 Å². The van der Waals surface area contributed by atoms with Crippen molar-refractivity contribution >= 4 is 40.9 Å². The number of anilines is 1. The fourth-order valence-electron chi connectivity index (χ4n) is 1.42. The molecule has 0 spiro atoms. The number of carbonyl (C=O) groups is 2. The van der Waals surface area contributed by atoms with E-state index in [0.717, 1.165) is 11.8 Å². The number of nitrogens with one attached hydrogen (secondary N) is 1. The van der Waals surface area contributed by atoms with E-state index in [1.807, 2.05) is 6.07 Å². The average Bonchev–Trinajstić information content (AvgIpc) is 2.39. The van der Waals surface area contributed by atoms with Crippen molar-refractivity contribution in [3.05, 3.63) is 28.8 Å². The van der Waals surface area contributed by atoms with Crippen LogP contribution in [-0.2, 0) is 9.59 Å². The first-order valence-corrected chi connectivity index (χ1v) is 7.24. The molecule has 0 bridgehead atoms. The zero-order valence-electron chi connectivity index (χ0n) is 10.7. The number of hydrogen-bond acceptors (Lipinski definition) is 4. The molecule has 1 unspecified atom stereocenters. The number of amides is 1. The number of nitriles is 1. The van der Waals surface area contributed by atoms with E-state index in [1.165, 1.54) is 12.1 Å². The molecule has 106 valence electrons. The largest absolute Gasteiger partial charge is 0.480 e. The minimum absolute atomic E-state index is 0.0441. The summed E-state index contributed by atoms with van der Waals surface area (Å²) in [6.45, 7) is 1.75. The van der Waals surface area contributed by atoms with E-state index in [1.54, 1.807) is 13.0 Å². The quantitative estimate of drug-likeness (QED) is 0.843. The maximum atomic E-state index is 11.7. The van der Waals surface area contributed by atoms with Gasteiger partial charge in [-0.05, 0) is 24.6 Å². The van der Waals surface area contributed by atoms with Crippen LogP contribution in [0.2, 0.25) is 5.02 Å². The van der Waals surface area contributed by atoms with Crippen molar-refractivity contribution < 1.29 is 14.7 Å². The zero-order valence-corrected chi connectivity index (χ0v) is 12.3. The molecule has 1 aromatic carbocycles. The SMILES string of the molecule is CCC(SCC(=O)Nc1ccc(C#N)c(Cl)c1)C(=O)O. The number of carboxylic acids is 1. The first kappa shape index (κ1) is 16.3. The van der Waals surface area contributed by atoms with Crippen molar-refractivity contribution in [3.63, 3.8) is 0 Å². The Balaban J connectivity index is 2.57. The molecule has 0 aromatic heterocycles. The van der Waals surface area contributed by atoms with Crippen LogP contribution < -0.4 is 5.32 Å². The molecular weight excluding hydrogens is 300 g/mol. The molecule has 1 aromatic rings. The first-order chi connectivity index (χ1) is 9.47. The highest BCUT2D eigenvalue weighted by atomic mass is 35.5. The van der Waals surface area contributed by atoms with E-state index < -0.39 is 11.2 Å². The summed E-state index contributed by atoms with van der Waals surface area (Å²) in [6.07, 6.45) is 0.454. The molecule has 0 heterocycles. The molecule has 0 fully saturated rings. The third kappa shape index (κ3) is 4.76. The topological polar surface area (TPSA) is 90.2 Å². The number of hydrogen-bond donors (Lipinski definition) is 2. The number of carbonyl (C=O) groups excluding carboxylic acids is 1. The summed E-state index contributed by atoms with van der Waals surface area (Å²) in [4.78, 5) is 22.5. The first-order valence-electron chi connectivity index (χ1n) is 5.81. The lowest BCUT2D eigenvalue weighted by molar-refractivity contribution is -0.136. The van der Waals surface area contributed by atoms with E-state index in [2.05, 4.69) is 5.32 Å². The summed E-state index contributed by atoms with van der Waals surface area (Å²) in [7, 11) is 0. The van der Waals surface area contributed by atoms with E-state index in [9.17, 15) is 9.59 Å². The van der Waals surface area contributed by atoms with Crippen molar-refractivity contribution in [3.8, 4) is 6.07 Å². The average molecular weight is 313 g/mol. The Kier molecular flexibility index (Phi) is 6.36. The van der Waals surface area contributed by atoms with Gasteiger partial charge in [-0.15, -0.1) is 11.8 Å². The maximum Gasteiger partial charge on any atom is 0.316 e. The number of benzene rings is 1. The number of aliphatic carboxylic acids is 1. The summed E-state index contributed by atoms with van der Waals surface area (Å²) >= 11 is 6.92. The van der Waals surface area contributed by atoms with Gasteiger partial charge in [-0.1, -0.05) is 18.5 Å². The number of rotatable bonds is 6. The van der Waals surface area contributed by atoms with Crippen molar-refractivity contribution in [2.75, 3.05) is 11.1 Å². The van der Waals surface area contributed by atoms with Gasteiger partial charge in [0.1, 0.15) is 11.3 Å². The molecule has 0 radical (unpaired) electrons. The highest BCUT2D eigenvalue weighted by Gasteiger charge is 2.17. The predicted octanol–water partition coefficient (Wildman–Crippen LogP) is 2.75. The van der Waals surface area contributed by atoms with Gasteiger partial charge in [-0.25, -0.2) is 0 Å². The molecule has 5 nitrogen and oxygen atoms in total. The molecule has 1 rings (SSSR count). The van der Waals surface area contributed by atoms with Crippen LogP contribution in [0.25, 0.3) is 0 Å². The van der Waals surface area contributed by atoms with Gasteiger partial charge in [0.25, 0.3) is 0 Å². The molecule has 7 heteroatoms. The second kappa shape index (κ2) is 7.78. The molecule has 0 aliphatic carbocycles. The van der Waals surface area contributed by atoms with Gasteiger partial charge >= 0.3 is 5.97 Å². The predicted molar refractivity (Wildman–Crippen MR) is 79.0 cm³/mol. The lowest BCUT2D eigenvalue weighted by Crippen LogP contribution is -2.20. The van der Waals surface area contributed by atoms with Crippen LogP contribution >= 0.6 is 23.4 Å². The van der Waals surface area contributed by atoms with Crippen LogP contribution in [0.15, 0.2) is 18.2 Å². The Hall–Kier alpha value is -1.71. The maximum absolute atomic E-state index is 11.7. The van der Waals surface area contributed by atoms with Crippen LogP contribution in [-0.4, -0.2) is 28.0 Å². The summed E-state index contributed by atoms with van der Waals surface area (Å²) in [5.41, 5.74) is 0.805. The highest BCUT2D eigenvalue weighted by molar-refractivity contribution is 8.01. The van der Waals surface area contributed by atoms with Gasteiger partial charge in [0.05, 0.1) is 16.3 Å². The summed E-state index contributed by atoms with van der Waals surface area (Å²) in [5.74, 6) is -1.19. The molecular formula is C13H13ClN2O3S. The molecule has 0 saturated carbocycles. The van der Waals surface area contributed by atoms with Crippen LogP contribution in [0.5, 0.6) is 0 Å². The fourth-order valence-corrected chi connectivity index (χ4v) is 2.45. The fraction of sp³-hybridized carbons (Fsp3) is 0.308. The molecule has 1 amide bonds. The minimum Gasteiger partial charge on any atom is -0.480 e. The molecule has 0 aliphatic heterocycles. The monoisotopic (exact) mass is 312 g/mol. The van der Waals surface area contributed by atoms with Crippen LogP contribution in [0.4, 0.5) is 5.69 Å². The molecule has 0 aliphatic rings. The second-order valence-electron chi connectivity index (χ2n) is 3.90. The van der Waals surface area contributed by atoms with Gasteiger partial charge in [0.2, 0.25) is 5.91 Å². The van der Waals surface area contributed by atoms with E-state index in [4.69, 9.17) is 22.0 Å². The van der Waals surface area contributed by atoms with Crippen molar-refractivity contribution in [2.45, 2.75) is 18.6 Å². The smallest absolute Gasteiger partial charge is 0.316 e. The lowest BCUT2D eigenvalue weighted by Gasteiger charge is -2.10. The Labute approximate surface area is 125 Å². The Morgan fingerprint density at radius 2 is 2.25 bits per heavy atom. The second-order valence-corrected chi connectivity index (χ2v) is 5.50. The van der Waals surface area contributed by atoms with Crippen LogP contribution in [0, 0.1) is 11.3 Å². The van der Waals surface area contributed by atoms with Crippen LogP contribution in [0.3, 0.4) is 0 Å². The van der Waals surface area contributed by atoms with E-state index >= 15 is 0 Å². The Bertz CT molecular complexity index is 557. The van der Waals surface area contributed by atoms with E-state index in [-0.39, 0.29) is 16.7 Å². The number of carboxylic acid groups (broad SMARTS) is 1. The van der Waals surface area contributed by atoms with Crippen LogP contribution in [0.1, 0.15) is 18.9 Å². The third-order valence-electron chi connectivity index (χ3n) is 2.44. The molecule has 1 atom stereocenters. The number of thioether (sulfide) groups is 1. The standard InChI is InChI=1S/C13H13ClN2O3S/c1-2-11(13(18)19)20-7-12(17)16-9-4-3-8(6-15)10(14)5-9/h3-5,11H,2,7H2,1H3,(H,16,17)(H,18,19). The van der Waals surface area contributed by atoms with E-state index in [0.29, 0.717) is 17.7 Å². The van der Waals surface area contributed by atoms with Gasteiger partial charge in [0.15, 0.2) is 0 Å². The highest BCUT2D eigenvalue weighted by Crippen LogP contribution is 2.21. The summed E-state index contributed by atoms with van der Waals surface area (Å²) in [5, 5.41) is 19.9. The minimum atomic E-state index is -0.924. The van der Waals surface area contributed by atoms with Crippen molar-refractivity contribution in [1.29, 1.82) is 5.26 Å². The zero-order chi connectivity index (χ0) is 15.1. The molecule has 2 N–H and O–H groups in total. The molecule has 0 saturated heterocycles. The van der Waals surface area contributed by atoms with Gasteiger partial charge in [-0.3, -0.25) is 9.59 Å². The number of nitrogens with zero attached hydrogens (tertiary/aromatic N) is 1. The molecule has 20 heavy (non-hydrogen) atoms.